The highest BCUT2D eigenvalue weighted by Crippen LogP contribution is 2.36. The molecular formula is C17H11ClFN3OS. The SMILES string of the molecule is N#CC1=C(S)N(c2ccc(Cl)cc2)C(c2ccc(F)cc2)NC1=O. The summed E-state index contributed by atoms with van der Waals surface area (Å²) >= 11 is 10.3. The molecule has 1 aliphatic rings. The van der Waals surface area contributed by atoms with Gasteiger partial charge in [-0.1, -0.05) is 23.7 Å². The van der Waals surface area contributed by atoms with E-state index < -0.39 is 12.1 Å². The number of nitrogens with zero attached hydrogens (tertiary/aromatic N) is 2. The van der Waals surface area contributed by atoms with Crippen LogP contribution in [0.15, 0.2) is 59.1 Å². The predicted molar refractivity (Wildman–Crippen MR) is 92.8 cm³/mol. The monoisotopic (exact) mass is 359 g/mol. The first-order chi connectivity index (χ1) is 11.5. The quantitative estimate of drug-likeness (QED) is 0.802. The van der Waals surface area contributed by atoms with Crippen LogP contribution in [0.25, 0.3) is 0 Å². The molecule has 1 heterocycles. The van der Waals surface area contributed by atoms with Gasteiger partial charge in [-0.2, -0.15) is 5.26 Å². The van der Waals surface area contributed by atoms with Gasteiger partial charge in [0.25, 0.3) is 5.91 Å². The van der Waals surface area contributed by atoms with Crippen LogP contribution in [-0.4, -0.2) is 5.91 Å². The maximum absolute atomic E-state index is 13.2. The number of hydrogen-bond acceptors (Lipinski definition) is 4. The van der Waals surface area contributed by atoms with Crippen molar-refractivity contribution in [2.24, 2.45) is 0 Å². The summed E-state index contributed by atoms with van der Waals surface area (Å²) in [5.74, 6) is -0.902. The number of nitriles is 1. The number of thiol groups is 1. The van der Waals surface area contributed by atoms with E-state index in [-0.39, 0.29) is 16.4 Å². The predicted octanol–water partition coefficient (Wildman–Crippen LogP) is 3.78. The molecule has 1 unspecified atom stereocenters. The number of hydrogen-bond donors (Lipinski definition) is 2. The van der Waals surface area contributed by atoms with Crippen LogP contribution < -0.4 is 10.2 Å². The van der Waals surface area contributed by atoms with Crippen molar-refractivity contribution in [2.75, 3.05) is 4.90 Å². The number of anilines is 1. The van der Waals surface area contributed by atoms with Crippen molar-refractivity contribution in [2.45, 2.75) is 6.17 Å². The first-order valence-electron chi connectivity index (χ1n) is 6.95. The number of nitrogens with one attached hydrogen (secondary N) is 1. The fourth-order valence-corrected chi connectivity index (χ4v) is 2.96. The molecule has 1 atom stereocenters. The third kappa shape index (κ3) is 2.96. The van der Waals surface area contributed by atoms with Gasteiger partial charge in [-0.3, -0.25) is 4.79 Å². The van der Waals surface area contributed by atoms with Crippen LogP contribution in [0.3, 0.4) is 0 Å². The molecular weight excluding hydrogens is 349 g/mol. The fourth-order valence-electron chi connectivity index (χ4n) is 2.46. The Hall–Kier alpha value is -2.49. The van der Waals surface area contributed by atoms with Gasteiger partial charge in [0, 0.05) is 10.7 Å². The summed E-state index contributed by atoms with van der Waals surface area (Å²) in [7, 11) is 0. The van der Waals surface area contributed by atoms with Crippen LogP contribution >= 0.6 is 24.2 Å². The highest BCUT2D eigenvalue weighted by atomic mass is 35.5. The standard InChI is InChI=1S/C17H11ClFN3OS/c18-11-3-7-13(8-4-11)22-15(10-1-5-12(19)6-2-10)21-16(23)14(9-20)17(22)24/h1-8,15,24H,(H,21,23). The minimum Gasteiger partial charge on any atom is -0.327 e. The lowest BCUT2D eigenvalue weighted by Crippen LogP contribution is -2.46. The summed E-state index contributed by atoms with van der Waals surface area (Å²) in [5, 5.41) is 12.7. The van der Waals surface area contributed by atoms with Crippen LogP contribution in [0.1, 0.15) is 11.7 Å². The van der Waals surface area contributed by atoms with Crippen molar-refractivity contribution in [3.8, 4) is 6.07 Å². The van der Waals surface area contributed by atoms with E-state index in [1.54, 1.807) is 41.3 Å². The Morgan fingerprint density at radius 1 is 1.17 bits per heavy atom. The summed E-state index contributed by atoms with van der Waals surface area (Å²) in [5.41, 5.74) is 1.25. The molecule has 0 bridgehead atoms. The van der Waals surface area contributed by atoms with Crippen molar-refractivity contribution in [1.82, 2.24) is 5.32 Å². The highest BCUT2D eigenvalue weighted by molar-refractivity contribution is 7.84. The Bertz CT molecular complexity index is 859. The van der Waals surface area contributed by atoms with E-state index in [9.17, 15) is 14.4 Å². The number of benzene rings is 2. The second-order valence-corrected chi connectivity index (χ2v) is 5.94. The van der Waals surface area contributed by atoms with E-state index in [1.807, 2.05) is 6.07 Å². The third-order valence-electron chi connectivity index (χ3n) is 3.61. The molecule has 2 aromatic carbocycles. The lowest BCUT2D eigenvalue weighted by atomic mass is 10.1. The lowest BCUT2D eigenvalue weighted by molar-refractivity contribution is -0.118. The maximum atomic E-state index is 13.2. The van der Waals surface area contributed by atoms with Crippen molar-refractivity contribution < 1.29 is 9.18 Å². The fraction of sp³-hybridized carbons (Fsp3) is 0.0588. The number of carbonyl (C=O) groups is 1. The van der Waals surface area contributed by atoms with Gasteiger partial charge in [0.1, 0.15) is 23.6 Å². The smallest absolute Gasteiger partial charge is 0.266 e. The Morgan fingerprint density at radius 2 is 1.79 bits per heavy atom. The van der Waals surface area contributed by atoms with Crippen LogP contribution in [-0.2, 0) is 4.79 Å². The molecule has 0 aromatic heterocycles. The van der Waals surface area contributed by atoms with E-state index >= 15 is 0 Å². The molecule has 1 aliphatic heterocycles. The highest BCUT2D eigenvalue weighted by Gasteiger charge is 2.33. The Morgan fingerprint density at radius 3 is 2.38 bits per heavy atom. The van der Waals surface area contributed by atoms with Crippen LogP contribution in [0, 0.1) is 17.1 Å². The molecule has 0 saturated heterocycles. The van der Waals surface area contributed by atoms with E-state index in [4.69, 9.17) is 11.6 Å². The van der Waals surface area contributed by atoms with Crippen molar-refractivity contribution in [3.05, 3.63) is 75.5 Å². The molecule has 0 spiro atoms. The minimum atomic E-state index is -0.621. The van der Waals surface area contributed by atoms with E-state index in [1.165, 1.54) is 12.1 Å². The number of rotatable bonds is 2. The van der Waals surface area contributed by atoms with Gasteiger partial charge in [0.15, 0.2) is 0 Å². The van der Waals surface area contributed by atoms with Gasteiger partial charge in [-0.25, -0.2) is 4.39 Å². The van der Waals surface area contributed by atoms with E-state index in [0.29, 0.717) is 16.3 Å². The van der Waals surface area contributed by atoms with Crippen LogP contribution in [0.5, 0.6) is 0 Å². The Kier molecular flexibility index (Phi) is 4.47. The maximum Gasteiger partial charge on any atom is 0.266 e. The Balaban J connectivity index is 2.14. The van der Waals surface area contributed by atoms with Crippen LogP contribution in [0.4, 0.5) is 10.1 Å². The second-order valence-electron chi connectivity index (χ2n) is 5.08. The molecule has 1 N–H and O–H groups in total. The molecule has 0 saturated carbocycles. The zero-order valence-electron chi connectivity index (χ0n) is 12.2. The number of carbonyl (C=O) groups excluding carboxylic acids is 1. The van der Waals surface area contributed by atoms with Gasteiger partial charge in [0.2, 0.25) is 0 Å². The molecule has 0 aliphatic carbocycles. The first-order valence-corrected chi connectivity index (χ1v) is 7.78. The number of amides is 1. The summed E-state index contributed by atoms with van der Waals surface area (Å²) in [6.45, 7) is 0. The molecule has 2 aromatic rings. The van der Waals surface area contributed by atoms with Crippen molar-refractivity contribution >= 4 is 35.8 Å². The number of halogens is 2. The van der Waals surface area contributed by atoms with Gasteiger partial charge in [-0.05, 0) is 42.0 Å². The summed E-state index contributed by atoms with van der Waals surface area (Å²) < 4.78 is 13.2. The normalized spacial score (nSPS) is 17.5. The first kappa shape index (κ1) is 16.4. The minimum absolute atomic E-state index is 0.0911. The van der Waals surface area contributed by atoms with Gasteiger partial charge in [0.05, 0.1) is 5.03 Å². The van der Waals surface area contributed by atoms with Gasteiger partial charge in [-0.15, -0.1) is 12.6 Å². The van der Waals surface area contributed by atoms with Crippen molar-refractivity contribution in [3.63, 3.8) is 0 Å². The average Bonchev–Trinajstić information content (AvgIpc) is 2.57. The summed E-state index contributed by atoms with van der Waals surface area (Å²) in [6, 6.07) is 14.5. The molecule has 24 heavy (non-hydrogen) atoms. The summed E-state index contributed by atoms with van der Waals surface area (Å²) in [6.07, 6.45) is -0.621. The molecule has 3 rings (SSSR count). The second kappa shape index (κ2) is 6.56. The lowest BCUT2D eigenvalue weighted by Gasteiger charge is -2.38. The summed E-state index contributed by atoms with van der Waals surface area (Å²) in [4.78, 5) is 13.8. The van der Waals surface area contributed by atoms with E-state index in [2.05, 4.69) is 17.9 Å². The topological polar surface area (TPSA) is 56.1 Å². The van der Waals surface area contributed by atoms with Gasteiger partial charge >= 0.3 is 0 Å². The van der Waals surface area contributed by atoms with Crippen LogP contribution in [0.2, 0.25) is 5.02 Å². The van der Waals surface area contributed by atoms with Gasteiger partial charge < -0.3 is 10.2 Å². The third-order valence-corrected chi connectivity index (χ3v) is 4.30. The molecule has 1 amide bonds. The molecule has 120 valence electrons. The van der Waals surface area contributed by atoms with Crippen molar-refractivity contribution in [1.29, 1.82) is 5.26 Å². The zero-order chi connectivity index (χ0) is 17.3. The largest absolute Gasteiger partial charge is 0.327 e. The average molecular weight is 360 g/mol. The molecule has 4 nitrogen and oxygen atoms in total. The Labute approximate surface area is 148 Å². The zero-order valence-corrected chi connectivity index (χ0v) is 13.9. The molecule has 0 radical (unpaired) electrons. The van der Waals surface area contributed by atoms with E-state index in [0.717, 1.165) is 0 Å². The molecule has 7 heteroatoms. The molecule has 0 fully saturated rings.